The molecule has 2 aliphatic heterocycles. The summed E-state index contributed by atoms with van der Waals surface area (Å²) in [5.41, 5.74) is 1.22. The lowest BCUT2D eigenvalue weighted by molar-refractivity contribution is -0.137. The Morgan fingerprint density at radius 1 is 1.42 bits per heavy atom. The lowest BCUT2D eigenvalue weighted by atomic mass is 10.1. The van der Waals surface area contributed by atoms with E-state index in [1.165, 1.54) is 11.3 Å². The van der Waals surface area contributed by atoms with Crippen molar-refractivity contribution in [2.45, 2.75) is 19.5 Å². The summed E-state index contributed by atoms with van der Waals surface area (Å²) in [4.78, 5) is 32.5. The maximum absolute atomic E-state index is 12.8. The molecule has 0 spiro atoms. The molecule has 9 heteroatoms. The van der Waals surface area contributed by atoms with Gasteiger partial charge in [0.15, 0.2) is 10.8 Å². The standard InChI is InChI=1S/C15H14N6O2S/c16-7-11-6-12-9-19(2-3-21(12)18-11)14(23)10-5-13(22)20(8-10)15-17-1-4-24-15/h1,4,6,10H,2-3,5,8-9H2. The van der Waals surface area contributed by atoms with Crippen molar-refractivity contribution in [3.63, 3.8) is 0 Å². The van der Waals surface area contributed by atoms with Crippen molar-refractivity contribution in [3.05, 3.63) is 29.0 Å². The number of anilines is 1. The molecule has 24 heavy (non-hydrogen) atoms. The molecule has 2 aromatic rings. The van der Waals surface area contributed by atoms with E-state index in [4.69, 9.17) is 5.26 Å². The molecule has 2 amide bonds. The van der Waals surface area contributed by atoms with Crippen molar-refractivity contribution in [2.24, 2.45) is 5.92 Å². The largest absolute Gasteiger partial charge is 0.335 e. The molecule has 8 nitrogen and oxygen atoms in total. The van der Waals surface area contributed by atoms with E-state index in [1.807, 2.05) is 11.4 Å². The van der Waals surface area contributed by atoms with Crippen LogP contribution in [0.2, 0.25) is 0 Å². The lowest BCUT2D eigenvalue weighted by Crippen LogP contribution is -2.42. The van der Waals surface area contributed by atoms with Gasteiger partial charge >= 0.3 is 0 Å². The minimum Gasteiger partial charge on any atom is -0.335 e. The Labute approximate surface area is 141 Å². The molecule has 1 atom stereocenters. The van der Waals surface area contributed by atoms with Crippen LogP contribution in [0.25, 0.3) is 0 Å². The number of hydrogen-bond acceptors (Lipinski definition) is 6. The fraction of sp³-hybridized carbons (Fsp3) is 0.400. The van der Waals surface area contributed by atoms with Crippen LogP contribution in [0.3, 0.4) is 0 Å². The number of nitrogens with zero attached hydrogens (tertiary/aromatic N) is 6. The van der Waals surface area contributed by atoms with E-state index >= 15 is 0 Å². The molecule has 0 aromatic carbocycles. The molecule has 4 rings (SSSR count). The molecule has 0 N–H and O–H groups in total. The van der Waals surface area contributed by atoms with Crippen molar-refractivity contribution in [2.75, 3.05) is 18.0 Å². The number of carbonyl (C=O) groups is 2. The van der Waals surface area contributed by atoms with Crippen molar-refractivity contribution in [3.8, 4) is 6.07 Å². The zero-order chi connectivity index (χ0) is 16.7. The summed E-state index contributed by atoms with van der Waals surface area (Å²) in [6.45, 7) is 1.92. The van der Waals surface area contributed by atoms with Crippen molar-refractivity contribution in [1.29, 1.82) is 5.26 Å². The number of thiazole rings is 1. The van der Waals surface area contributed by atoms with Crippen LogP contribution in [-0.2, 0) is 22.7 Å². The van der Waals surface area contributed by atoms with Crippen LogP contribution in [0.15, 0.2) is 17.6 Å². The minimum absolute atomic E-state index is 0.0200. The highest BCUT2D eigenvalue weighted by Crippen LogP contribution is 2.28. The lowest BCUT2D eigenvalue weighted by Gasteiger charge is -2.29. The molecular formula is C15H14N6O2S. The quantitative estimate of drug-likeness (QED) is 0.797. The number of hydrogen-bond donors (Lipinski definition) is 0. The Hall–Kier alpha value is -2.73. The molecule has 2 aromatic heterocycles. The first-order valence-corrected chi connectivity index (χ1v) is 8.49. The minimum atomic E-state index is -0.341. The zero-order valence-electron chi connectivity index (χ0n) is 12.8. The summed E-state index contributed by atoms with van der Waals surface area (Å²) in [6, 6.07) is 3.73. The van der Waals surface area contributed by atoms with E-state index in [1.54, 1.807) is 26.7 Å². The number of amides is 2. The molecule has 2 aliphatic rings. The van der Waals surface area contributed by atoms with E-state index in [9.17, 15) is 9.59 Å². The summed E-state index contributed by atoms with van der Waals surface area (Å²) in [7, 11) is 0. The van der Waals surface area contributed by atoms with Gasteiger partial charge in [0.2, 0.25) is 11.8 Å². The third-order valence-corrected chi connectivity index (χ3v) is 5.14. The SMILES string of the molecule is N#Cc1cc2n(n1)CCN(C(=O)C1CC(=O)N(c3nccs3)C1)C2. The Kier molecular flexibility index (Phi) is 3.54. The molecule has 1 fully saturated rings. The van der Waals surface area contributed by atoms with Gasteiger partial charge in [-0.1, -0.05) is 0 Å². The van der Waals surface area contributed by atoms with Gasteiger partial charge in [0.1, 0.15) is 6.07 Å². The van der Waals surface area contributed by atoms with E-state index < -0.39 is 0 Å². The topological polar surface area (TPSA) is 95.1 Å². The molecule has 4 heterocycles. The number of nitriles is 1. The van der Waals surface area contributed by atoms with Gasteiger partial charge in [-0.25, -0.2) is 4.98 Å². The third-order valence-electron chi connectivity index (χ3n) is 4.35. The number of aromatic nitrogens is 3. The van der Waals surface area contributed by atoms with Crippen LogP contribution in [-0.4, -0.2) is 44.6 Å². The first-order valence-electron chi connectivity index (χ1n) is 7.61. The fourth-order valence-electron chi connectivity index (χ4n) is 3.17. The Morgan fingerprint density at radius 3 is 3.04 bits per heavy atom. The molecule has 0 bridgehead atoms. The highest BCUT2D eigenvalue weighted by Gasteiger charge is 2.38. The van der Waals surface area contributed by atoms with Gasteiger partial charge in [-0.3, -0.25) is 19.2 Å². The second-order valence-electron chi connectivity index (χ2n) is 5.84. The summed E-state index contributed by atoms with van der Waals surface area (Å²) in [5.74, 6) is -0.420. The molecule has 0 aliphatic carbocycles. The summed E-state index contributed by atoms with van der Waals surface area (Å²) < 4.78 is 1.77. The van der Waals surface area contributed by atoms with Crippen LogP contribution in [0.5, 0.6) is 0 Å². The van der Waals surface area contributed by atoms with Gasteiger partial charge in [0.25, 0.3) is 0 Å². The normalized spacial score (nSPS) is 20.1. The van der Waals surface area contributed by atoms with Crippen molar-refractivity contribution in [1.82, 2.24) is 19.7 Å². The van der Waals surface area contributed by atoms with Crippen LogP contribution in [0.4, 0.5) is 5.13 Å². The van der Waals surface area contributed by atoms with Gasteiger partial charge < -0.3 is 4.90 Å². The summed E-state index contributed by atoms with van der Waals surface area (Å²) >= 11 is 1.40. The fourth-order valence-corrected chi connectivity index (χ4v) is 3.84. The highest BCUT2D eigenvalue weighted by molar-refractivity contribution is 7.13. The molecule has 1 saturated heterocycles. The van der Waals surface area contributed by atoms with Crippen LogP contribution in [0, 0.1) is 17.2 Å². The number of fused-ring (bicyclic) bond motifs is 1. The molecule has 1 unspecified atom stereocenters. The van der Waals surface area contributed by atoms with Crippen molar-refractivity contribution < 1.29 is 9.59 Å². The number of carbonyl (C=O) groups excluding carboxylic acids is 2. The van der Waals surface area contributed by atoms with Crippen molar-refractivity contribution >= 4 is 28.3 Å². The Bertz CT molecular complexity index is 837. The second kappa shape index (κ2) is 5.72. The average Bonchev–Trinajstić information content (AvgIpc) is 3.31. The van der Waals surface area contributed by atoms with Crippen LogP contribution >= 0.6 is 11.3 Å². The van der Waals surface area contributed by atoms with Crippen LogP contribution < -0.4 is 4.90 Å². The molecule has 0 saturated carbocycles. The van der Waals surface area contributed by atoms with Gasteiger partial charge in [-0.15, -0.1) is 11.3 Å². The monoisotopic (exact) mass is 342 g/mol. The van der Waals surface area contributed by atoms with Gasteiger partial charge in [0.05, 0.1) is 24.7 Å². The first kappa shape index (κ1) is 14.8. The second-order valence-corrected chi connectivity index (χ2v) is 6.71. The van der Waals surface area contributed by atoms with Crippen LogP contribution in [0.1, 0.15) is 17.8 Å². The molecule has 0 radical (unpaired) electrons. The Morgan fingerprint density at radius 2 is 2.29 bits per heavy atom. The van der Waals surface area contributed by atoms with E-state index in [0.717, 1.165) is 5.69 Å². The first-order chi connectivity index (χ1) is 11.7. The smallest absolute Gasteiger partial charge is 0.229 e. The average molecular weight is 342 g/mol. The Balaban J connectivity index is 1.47. The summed E-state index contributed by atoms with van der Waals surface area (Å²) in [5, 5.41) is 15.6. The molecular weight excluding hydrogens is 328 g/mol. The highest BCUT2D eigenvalue weighted by atomic mass is 32.1. The van der Waals surface area contributed by atoms with E-state index in [-0.39, 0.29) is 24.2 Å². The van der Waals surface area contributed by atoms with E-state index in [0.29, 0.717) is 37.0 Å². The zero-order valence-corrected chi connectivity index (χ0v) is 13.6. The molecule has 122 valence electrons. The third kappa shape index (κ3) is 2.45. The van der Waals surface area contributed by atoms with Gasteiger partial charge in [-0.05, 0) is 6.07 Å². The number of rotatable bonds is 2. The predicted molar refractivity (Wildman–Crippen MR) is 84.9 cm³/mol. The van der Waals surface area contributed by atoms with E-state index in [2.05, 4.69) is 10.1 Å². The summed E-state index contributed by atoms with van der Waals surface area (Å²) in [6.07, 6.45) is 1.87. The predicted octanol–water partition coefficient (Wildman–Crippen LogP) is 0.607. The maximum atomic E-state index is 12.8. The van der Waals surface area contributed by atoms with Gasteiger partial charge in [0, 0.05) is 31.1 Å². The maximum Gasteiger partial charge on any atom is 0.229 e. The van der Waals surface area contributed by atoms with Gasteiger partial charge in [-0.2, -0.15) is 10.4 Å².